The van der Waals surface area contributed by atoms with Crippen molar-refractivity contribution >= 4 is 29.3 Å². The molecule has 0 unspecified atom stereocenters. The third-order valence-electron chi connectivity index (χ3n) is 3.22. The SMILES string of the molecule is CC(=O)N(C)c1ccc(NC(=O)/C=C\c2ccccc2)cc1. The number of hydrogen-bond acceptors (Lipinski definition) is 2. The molecule has 0 radical (unpaired) electrons. The molecular formula is C18H18N2O2. The zero-order valence-electron chi connectivity index (χ0n) is 12.6. The maximum absolute atomic E-state index is 11.9. The molecule has 0 aliphatic carbocycles. The molecule has 22 heavy (non-hydrogen) atoms. The number of carbonyl (C=O) groups excluding carboxylic acids is 2. The molecule has 112 valence electrons. The third kappa shape index (κ3) is 4.31. The van der Waals surface area contributed by atoms with Gasteiger partial charge in [-0.05, 0) is 35.9 Å². The van der Waals surface area contributed by atoms with Gasteiger partial charge in [-0.15, -0.1) is 0 Å². The minimum absolute atomic E-state index is 0.0393. The summed E-state index contributed by atoms with van der Waals surface area (Å²) in [5.41, 5.74) is 2.44. The first kappa shape index (κ1) is 15.5. The summed E-state index contributed by atoms with van der Waals surface area (Å²) in [7, 11) is 1.71. The zero-order valence-corrected chi connectivity index (χ0v) is 12.6. The van der Waals surface area contributed by atoms with E-state index in [1.807, 2.05) is 30.3 Å². The van der Waals surface area contributed by atoms with Crippen LogP contribution in [0.2, 0.25) is 0 Å². The molecule has 4 nitrogen and oxygen atoms in total. The maximum Gasteiger partial charge on any atom is 0.248 e. The van der Waals surface area contributed by atoms with Crippen LogP contribution in [0.1, 0.15) is 12.5 Å². The topological polar surface area (TPSA) is 49.4 Å². The van der Waals surface area contributed by atoms with Crippen LogP contribution in [0.3, 0.4) is 0 Å². The average Bonchev–Trinajstić information content (AvgIpc) is 2.54. The molecule has 0 spiro atoms. The fraction of sp³-hybridized carbons (Fsp3) is 0.111. The van der Waals surface area contributed by atoms with E-state index in [4.69, 9.17) is 0 Å². The number of nitrogens with one attached hydrogen (secondary N) is 1. The number of nitrogens with zero attached hydrogens (tertiary/aromatic N) is 1. The van der Waals surface area contributed by atoms with Gasteiger partial charge in [0.25, 0.3) is 0 Å². The Morgan fingerprint density at radius 2 is 1.64 bits per heavy atom. The largest absolute Gasteiger partial charge is 0.323 e. The van der Waals surface area contributed by atoms with Gasteiger partial charge in [-0.25, -0.2) is 0 Å². The molecule has 4 heteroatoms. The van der Waals surface area contributed by atoms with Gasteiger partial charge in [-0.3, -0.25) is 9.59 Å². The van der Waals surface area contributed by atoms with Crippen molar-refractivity contribution in [1.29, 1.82) is 0 Å². The normalized spacial score (nSPS) is 10.5. The lowest BCUT2D eigenvalue weighted by atomic mass is 10.2. The zero-order chi connectivity index (χ0) is 15.9. The summed E-state index contributed by atoms with van der Waals surface area (Å²) in [5.74, 6) is -0.237. The van der Waals surface area contributed by atoms with Gasteiger partial charge < -0.3 is 10.2 Å². The van der Waals surface area contributed by atoms with Gasteiger partial charge in [0.15, 0.2) is 0 Å². The van der Waals surface area contributed by atoms with E-state index in [0.717, 1.165) is 11.3 Å². The van der Waals surface area contributed by atoms with Gasteiger partial charge >= 0.3 is 0 Å². The molecule has 0 heterocycles. The Morgan fingerprint density at radius 3 is 2.23 bits per heavy atom. The molecular weight excluding hydrogens is 276 g/mol. The molecule has 2 rings (SSSR count). The van der Waals surface area contributed by atoms with Gasteiger partial charge in [0.1, 0.15) is 0 Å². The Labute approximate surface area is 130 Å². The second-order valence-electron chi connectivity index (χ2n) is 4.86. The van der Waals surface area contributed by atoms with E-state index in [2.05, 4.69) is 5.32 Å². The first-order valence-corrected chi connectivity index (χ1v) is 6.95. The molecule has 0 fully saturated rings. The highest BCUT2D eigenvalue weighted by molar-refractivity contribution is 6.02. The second-order valence-corrected chi connectivity index (χ2v) is 4.86. The summed E-state index contributed by atoms with van der Waals surface area (Å²) < 4.78 is 0. The van der Waals surface area contributed by atoms with Crippen LogP contribution in [0.4, 0.5) is 11.4 Å². The fourth-order valence-electron chi connectivity index (χ4n) is 1.87. The first-order valence-electron chi connectivity index (χ1n) is 6.95. The average molecular weight is 294 g/mol. The predicted octanol–water partition coefficient (Wildman–Crippen LogP) is 3.32. The summed E-state index contributed by atoms with van der Waals surface area (Å²) in [6, 6.07) is 16.7. The van der Waals surface area contributed by atoms with Gasteiger partial charge in [0, 0.05) is 31.4 Å². The lowest BCUT2D eigenvalue weighted by molar-refractivity contribution is -0.116. The van der Waals surface area contributed by atoms with Gasteiger partial charge in [0.05, 0.1) is 0 Å². The minimum atomic E-state index is -0.198. The molecule has 0 atom stereocenters. The molecule has 0 saturated carbocycles. The Kier molecular flexibility index (Phi) is 5.09. The van der Waals surface area contributed by atoms with Crippen molar-refractivity contribution in [2.75, 3.05) is 17.3 Å². The molecule has 0 saturated heterocycles. The van der Waals surface area contributed by atoms with Crippen LogP contribution in [0, 0.1) is 0 Å². The molecule has 2 aromatic rings. The quantitative estimate of drug-likeness (QED) is 0.879. The number of anilines is 2. The van der Waals surface area contributed by atoms with Crippen molar-refractivity contribution in [1.82, 2.24) is 0 Å². The van der Waals surface area contributed by atoms with E-state index in [1.165, 1.54) is 13.0 Å². The Bertz CT molecular complexity index is 676. The van der Waals surface area contributed by atoms with Crippen LogP contribution >= 0.6 is 0 Å². The van der Waals surface area contributed by atoms with Crippen molar-refractivity contribution in [2.24, 2.45) is 0 Å². The van der Waals surface area contributed by atoms with Crippen LogP contribution in [0.25, 0.3) is 6.08 Å². The number of rotatable bonds is 4. The first-order chi connectivity index (χ1) is 10.6. The van der Waals surface area contributed by atoms with Crippen molar-refractivity contribution in [3.8, 4) is 0 Å². The number of amides is 2. The second kappa shape index (κ2) is 7.22. The molecule has 1 N–H and O–H groups in total. The maximum atomic E-state index is 11.9. The van der Waals surface area contributed by atoms with E-state index in [-0.39, 0.29) is 11.8 Å². The molecule has 0 bridgehead atoms. The highest BCUT2D eigenvalue weighted by Crippen LogP contribution is 2.17. The summed E-state index contributed by atoms with van der Waals surface area (Å²) in [5, 5.41) is 2.78. The minimum Gasteiger partial charge on any atom is -0.323 e. The standard InChI is InChI=1S/C18H18N2O2/c1-14(21)20(2)17-11-9-16(10-12-17)19-18(22)13-8-15-6-4-3-5-7-15/h3-13H,1-2H3,(H,19,22)/b13-8-. The van der Waals surface area contributed by atoms with E-state index in [0.29, 0.717) is 5.69 Å². The predicted molar refractivity (Wildman–Crippen MR) is 89.6 cm³/mol. The van der Waals surface area contributed by atoms with Crippen molar-refractivity contribution in [2.45, 2.75) is 6.92 Å². The molecule has 0 aromatic heterocycles. The highest BCUT2D eigenvalue weighted by atomic mass is 16.2. The third-order valence-corrected chi connectivity index (χ3v) is 3.22. The fourth-order valence-corrected chi connectivity index (χ4v) is 1.87. The van der Waals surface area contributed by atoms with Crippen molar-refractivity contribution in [3.05, 3.63) is 66.2 Å². The van der Waals surface area contributed by atoms with Crippen LogP contribution in [-0.2, 0) is 9.59 Å². The van der Waals surface area contributed by atoms with Gasteiger partial charge in [0.2, 0.25) is 11.8 Å². The van der Waals surface area contributed by atoms with Crippen LogP contribution in [0.5, 0.6) is 0 Å². The van der Waals surface area contributed by atoms with Crippen molar-refractivity contribution in [3.63, 3.8) is 0 Å². The summed E-state index contributed by atoms with van der Waals surface area (Å²) >= 11 is 0. The smallest absolute Gasteiger partial charge is 0.248 e. The highest BCUT2D eigenvalue weighted by Gasteiger charge is 2.05. The van der Waals surface area contributed by atoms with Crippen LogP contribution in [-0.4, -0.2) is 18.9 Å². The lowest BCUT2D eigenvalue weighted by Crippen LogP contribution is -2.22. The van der Waals surface area contributed by atoms with Gasteiger partial charge in [-0.1, -0.05) is 30.3 Å². The van der Waals surface area contributed by atoms with E-state index < -0.39 is 0 Å². The number of hydrogen-bond donors (Lipinski definition) is 1. The van der Waals surface area contributed by atoms with E-state index >= 15 is 0 Å². The summed E-state index contributed by atoms with van der Waals surface area (Å²) in [4.78, 5) is 24.7. The van der Waals surface area contributed by atoms with Crippen LogP contribution < -0.4 is 10.2 Å². The summed E-state index contributed by atoms with van der Waals surface area (Å²) in [6.07, 6.45) is 3.25. The van der Waals surface area contributed by atoms with E-state index in [1.54, 1.807) is 42.3 Å². The molecule has 0 aliphatic rings. The number of carbonyl (C=O) groups is 2. The van der Waals surface area contributed by atoms with Crippen LogP contribution in [0.15, 0.2) is 60.7 Å². The van der Waals surface area contributed by atoms with E-state index in [9.17, 15) is 9.59 Å². The molecule has 2 amide bonds. The Morgan fingerprint density at radius 1 is 1.00 bits per heavy atom. The Balaban J connectivity index is 1.97. The van der Waals surface area contributed by atoms with Gasteiger partial charge in [-0.2, -0.15) is 0 Å². The number of benzene rings is 2. The summed E-state index contributed by atoms with van der Waals surface area (Å²) in [6.45, 7) is 1.50. The van der Waals surface area contributed by atoms with Crippen molar-refractivity contribution < 1.29 is 9.59 Å². The monoisotopic (exact) mass is 294 g/mol. The lowest BCUT2D eigenvalue weighted by Gasteiger charge is -2.15. The Hall–Kier alpha value is -2.88. The molecule has 2 aromatic carbocycles. The molecule has 0 aliphatic heterocycles.